The van der Waals surface area contributed by atoms with Crippen molar-refractivity contribution in [3.8, 4) is 0 Å². The summed E-state index contributed by atoms with van der Waals surface area (Å²) in [5.41, 5.74) is 3.54. The zero-order valence-electron chi connectivity index (χ0n) is 15.3. The van der Waals surface area contributed by atoms with Crippen LogP contribution in [0.15, 0.2) is 48.5 Å². The molecule has 0 radical (unpaired) electrons. The van der Waals surface area contributed by atoms with Crippen LogP contribution in [0.5, 0.6) is 0 Å². The highest BCUT2D eigenvalue weighted by Crippen LogP contribution is 2.25. The molecule has 0 aliphatic carbocycles. The Hall–Kier alpha value is -2.55. The van der Waals surface area contributed by atoms with Crippen molar-refractivity contribution in [1.29, 1.82) is 0 Å². The fourth-order valence-electron chi connectivity index (χ4n) is 4.00. The van der Waals surface area contributed by atoms with Gasteiger partial charge in [0.2, 0.25) is 9.73 Å². The van der Waals surface area contributed by atoms with Gasteiger partial charge in [-0.1, -0.05) is 47.7 Å². The number of esters is 1. The molecule has 1 unspecified atom stereocenters. The lowest BCUT2D eigenvalue weighted by Crippen LogP contribution is -3.16. The molecule has 1 aliphatic rings. The maximum absolute atomic E-state index is 12.5. The lowest BCUT2D eigenvalue weighted by atomic mass is 9.94. The molecule has 2 aromatic heterocycles. The predicted octanol–water partition coefficient (Wildman–Crippen LogP) is 2.22. The van der Waals surface area contributed by atoms with Crippen LogP contribution in [0.3, 0.4) is 0 Å². The first-order valence-electron chi connectivity index (χ1n) is 9.12. The SMILES string of the molecule is COC(=O)[C@H]1Cc2ccccc2C[NH+]1Cn1nc2sc3ccccc3n2c1=S. The molecular weight excluding hydrogens is 392 g/mol. The third-order valence-electron chi connectivity index (χ3n) is 5.41. The van der Waals surface area contributed by atoms with Crippen molar-refractivity contribution in [2.24, 2.45) is 0 Å². The Balaban J connectivity index is 1.54. The molecule has 28 heavy (non-hydrogen) atoms. The minimum Gasteiger partial charge on any atom is -0.465 e. The first-order valence-corrected chi connectivity index (χ1v) is 10.3. The first-order chi connectivity index (χ1) is 13.7. The highest BCUT2D eigenvalue weighted by molar-refractivity contribution is 7.71. The number of nitrogens with one attached hydrogen (secondary N) is 1. The number of para-hydroxylation sites is 1. The average Bonchev–Trinajstić information content (AvgIpc) is 3.23. The number of carbonyl (C=O) groups excluding carboxylic acids is 1. The van der Waals surface area contributed by atoms with Gasteiger partial charge in [-0.05, 0) is 29.9 Å². The summed E-state index contributed by atoms with van der Waals surface area (Å²) in [4.78, 5) is 14.4. The number of carbonyl (C=O) groups is 1. The topological polar surface area (TPSA) is 53.0 Å². The second-order valence-corrected chi connectivity index (χ2v) is 8.39. The summed E-state index contributed by atoms with van der Waals surface area (Å²) >= 11 is 7.35. The summed E-state index contributed by atoms with van der Waals surface area (Å²) in [6, 6.07) is 16.2. The Morgan fingerprint density at radius 1 is 1.25 bits per heavy atom. The number of nitrogens with zero attached hydrogens (tertiary/aromatic N) is 3. The van der Waals surface area contributed by atoms with Crippen LogP contribution in [0.4, 0.5) is 0 Å². The van der Waals surface area contributed by atoms with Crippen LogP contribution in [-0.2, 0) is 29.2 Å². The summed E-state index contributed by atoms with van der Waals surface area (Å²) < 4.78 is 10.8. The number of aromatic nitrogens is 3. The number of hydrogen-bond acceptors (Lipinski definition) is 5. The van der Waals surface area contributed by atoms with Gasteiger partial charge in [0.1, 0.15) is 6.54 Å². The van der Waals surface area contributed by atoms with Gasteiger partial charge in [-0.15, -0.1) is 5.10 Å². The van der Waals surface area contributed by atoms with Crippen molar-refractivity contribution < 1.29 is 14.4 Å². The standard InChI is InChI=1S/C20H18N4O2S2/c1-26-18(25)16-10-13-6-2-3-7-14(13)11-22(16)12-23-20(27)24-15-8-4-5-9-17(15)28-19(24)21-23/h2-9,16H,10-12H2,1H3/p+1/t16-/m1/s1. The highest BCUT2D eigenvalue weighted by Gasteiger charge is 2.36. The predicted molar refractivity (Wildman–Crippen MR) is 110 cm³/mol. The van der Waals surface area contributed by atoms with Crippen LogP contribution in [0.25, 0.3) is 15.2 Å². The van der Waals surface area contributed by atoms with E-state index in [1.54, 1.807) is 11.3 Å². The Labute approximate surface area is 170 Å². The van der Waals surface area contributed by atoms with Gasteiger partial charge in [-0.25, -0.2) is 4.79 Å². The number of thiazole rings is 1. The first kappa shape index (κ1) is 17.5. The van der Waals surface area contributed by atoms with Gasteiger partial charge in [-0.3, -0.25) is 4.40 Å². The van der Waals surface area contributed by atoms with E-state index in [1.165, 1.54) is 18.2 Å². The number of rotatable bonds is 3. The van der Waals surface area contributed by atoms with Crippen molar-refractivity contribution in [1.82, 2.24) is 14.2 Å². The minimum absolute atomic E-state index is 0.192. The largest absolute Gasteiger partial charge is 0.465 e. The molecule has 3 heterocycles. The number of fused-ring (bicyclic) bond motifs is 4. The number of benzene rings is 2. The lowest BCUT2D eigenvalue weighted by Gasteiger charge is -2.31. The van der Waals surface area contributed by atoms with Crippen molar-refractivity contribution in [2.75, 3.05) is 7.11 Å². The van der Waals surface area contributed by atoms with E-state index in [-0.39, 0.29) is 12.0 Å². The molecule has 1 aliphatic heterocycles. The monoisotopic (exact) mass is 411 g/mol. The fraction of sp³-hybridized carbons (Fsp3) is 0.250. The van der Waals surface area contributed by atoms with Crippen LogP contribution >= 0.6 is 23.6 Å². The van der Waals surface area contributed by atoms with Gasteiger partial charge in [0, 0.05) is 12.0 Å². The molecule has 1 N–H and O–H groups in total. The maximum Gasteiger partial charge on any atom is 0.365 e. The fourth-order valence-corrected chi connectivity index (χ4v) is 5.37. The molecule has 0 fully saturated rings. The van der Waals surface area contributed by atoms with Crippen molar-refractivity contribution in [3.63, 3.8) is 0 Å². The number of hydrogen-bond donors (Lipinski definition) is 1. The molecule has 2 aromatic carbocycles. The molecule has 8 heteroatoms. The molecule has 0 bridgehead atoms. The molecule has 5 rings (SSSR count). The molecule has 0 amide bonds. The van der Waals surface area contributed by atoms with Crippen molar-refractivity contribution in [2.45, 2.75) is 25.7 Å². The van der Waals surface area contributed by atoms with Crippen molar-refractivity contribution in [3.05, 3.63) is 64.4 Å². The van der Waals surface area contributed by atoms with Crippen LogP contribution in [0, 0.1) is 4.77 Å². The minimum atomic E-state index is -0.265. The average molecular weight is 412 g/mol. The van der Waals surface area contributed by atoms with E-state index in [0.717, 1.165) is 26.6 Å². The van der Waals surface area contributed by atoms with E-state index < -0.39 is 0 Å². The quantitative estimate of drug-likeness (QED) is 0.415. The van der Waals surface area contributed by atoms with Gasteiger partial charge in [0.05, 0.1) is 17.3 Å². The Bertz CT molecular complexity index is 1260. The number of quaternary nitrogens is 1. The van der Waals surface area contributed by atoms with Gasteiger partial charge in [0.25, 0.3) is 0 Å². The number of ether oxygens (including phenoxy) is 1. The Morgan fingerprint density at radius 3 is 2.82 bits per heavy atom. The van der Waals surface area contributed by atoms with E-state index in [4.69, 9.17) is 22.1 Å². The zero-order valence-corrected chi connectivity index (χ0v) is 16.9. The molecule has 0 saturated carbocycles. The van der Waals surface area contributed by atoms with Crippen LogP contribution < -0.4 is 4.90 Å². The van der Waals surface area contributed by atoms with Gasteiger partial charge in [-0.2, -0.15) is 4.68 Å². The highest BCUT2D eigenvalue weighted by atomic mass is 32.1. The summed E-state index contributed by atoms with van der Waals surface area (Å²) in [5, 5.41) is 4.74. The second-order valence-electron chi connectivity index (χ2n) is 7.01. The van der Waals surface area contributed by atoms with Crippen molar-refractivity contribution >= 4 is 44.7 Å². The summed E-state index contributed by atoms with van der Waals surface area (Å²) in [5.74, 6) is -0.192. The van der Waals surface area contributed by atoms with Gasteiger partial charge < -0.3 is 9.64 Å². The molecule has 0 spiro atoms. The maximum atomic E-state index is 12.5. The van der Waals surface area contributed by atoms with E-state index in [9.17, 15) is 4.79 Å². The molecule has 142 valence electrons. The molecule has 6 nitrogen and oxygen atoms in total. The normalized spacial score (nSPS) is 19.0. The Kier molecular flexibility index (Phi) is 4.26. The summed E-state index contributed by atoms with van der Waals surface area (Å²) in [6.07, 6.45) is 0.663. The molecule has 4 aromatic rings. The number of methoxy groups -OCH3 is 1. The van der Waals surface area contributed by atoms with Crippen LogP contribution in [0.1, 0.15) is 11.1 Å². The van der Waals surface area contributed by atoms with Gasteiger partial charge in [0.15, 0.2) is 12.7 Å². The third-order valence-corrected chi connectivity index (χ3v) is 6.81. The second kappa shape index (κ2) is 6.80. The smallest absolute Gasteiger partial charge is 0.365 e. The van der Waals surface area contributed by atoms with E-state index in [2.05, 4.69) is 24.3 Å². The molecular formula is C20H19N4O2S2+. The van der Waals surface area contributed by atoms with E-state index in [0.29, 0.717) is 17.9 Å². The van der Waals surface area contributed by atoms with Crippen LogP contribution in [0.2, 0.25) is 0 Å². The van der Waals surface area contributed by atoms with E-state index in [1.807, 2.05) is 33.3 Å². The van der Waals surface area contributed by atoms with Gasteiger partial charge >= 0.3 is 5.97 Å². The Morgan fingerprint density at radius 2 is 2.00 bits per heavy atom. The summed E-state index contributed by atoms with van der Waals surface area (Å²) in [6.45, 7) is 1.26. The molecule has 0 saturated heterocycles. The summed E-state index contributed by atoms with van der Waals surface area (Å²) in [7, 11) is 1.45. The zero-order chi connectivity index (χ0) is 19.3. The van der Waals surface area contributed by atoms with E-state index >= 15 is 0 Å². The third kappa shape index (κ3) is 2.76. The van der Waals surface area contributed by atoms with Crippen LogP contribution in [-0.4, -0.2) is 33.3 Å². The molecule has 2 atom stereocenters. The lowest BCUT2D eigenvalue weighted by molar-refractivity contribution is -0.955.